The second-order valence-corrected chi connectivity index (χ2v) is 4.06. The largest absolute Gasteiger partial charge is 0.356 e. The second kappa shape index (κ2) is 3.73. The summed E-state index contributed by atoms with van der Waals surface area (Å²) < 4.78 is 0. The third-order valence-electron chi connectivity index (χ3n) is 2.74. The molecule has 2 rings (SSSR count). The van der Waals surface area contributed by atoms with Crippen molar-refractivity contribution in [2.24, 2.45) is 0 Å². The van der Waals surface area contributed by atoms with Crippen LogP contribution in [0.4, 0.5) is 5.82 Å². The Labute approximate surface area is 89.1 Å². The van der Waals surface area contributed by atoms with Crippen LogP contribution in [0, 0.1) is 13.8 Å². The summed E-state index contributed by atoms with van der Waals surface area (Å²) in [5.74, 6) is 1.01. The molecule has 2 heterocycles. The number of hydrogen-bond donors (Lipinski definition) is 0. The van der Waals surface area contributed by atoms with Crippen LogP contribution in [0.2, 0.25) is 5.28 Å². The lowest BCUT2D eigenvalue weighted by molar-refractivity contribution is 0.906. The van der Waals surface area contributed by atoms with E-state index >= 15 is 0 Å². The monoisotopic (exact) mass is 211 g/mol. The van der Waals surface area contributed by atoms with Crippen LogP contribution in [0.15, 0.2) is 0 Å². The molecule has 0 unspecified atom stereocenters. The average Bonchev–Trinajstić information content (AvgIpc) is 2.63. The van der Waals surface area contributed by atoms with E-state index in [1.165, 1.54) is 12.8 Å². The van der Waals surface area contributed by atoms with E-state index in [2.05, 4.69) is 21.8 Å². The first-order valence-corrected chi connectivity index (χ1v) is 5.32. The first-order valence-electron chi connectivity index (χ1n) is 4.94. The topological polar surface area (TPSA) is 29.0 Å². The molecule has 0 radical (unpaired) electrons. The Kier molecular flexibility index (Phi) is 2.59. The lowest BCUT2D eigenvalue weighted by atomic mass is 10.2. The van der Waals surface area contributed by atoms with Gasteiger partial charge in [0.2, 0.25) is 5.28 Å². The SMILES string of the molecule is Cc1nc(Cl)nc(N2CCCC2)c1C. The molecule has 0 bridgehead atoms. The van der Waals surface area contributed by atoms with Crippen molar-refractivity contribution < 1.29 is 0 Å². The fourth-order valence-electron chi connectivity index (χ4n) is 1.82. The first kappa shape index (κ1) is 9.71. The van der Waals surface area contributed by atoms with Crippen molar-refractivity contribution in [1.82, 2.24) is 9.97 Å². The molecule has 3 nitrogen and oxygen atoms in total. The van der Waals surface area contributed by atoms with Crippen LogP contribution in [-0.2, 0) is 0 Å². The van der Waals surface area contributed by atoms with Crippen LogP contribution in [0.1, 0.15) is 24.1 Å². The summed E-state index contributed by atoms with van der Waals surface area (Å²) in [6, 6.07) is 0. The molecule has 4 heteroatoms. The van der Waals surface area contributed by atoms with Gasteiger partial charge < -0.3 is 4.90 Å². The standard InChI is InChI=1S/C10H14ClN3/c1-7-8(2)12-10(11)13-9(7)14-5-3-4-6-14/h3-6H2,1-2H3. The van der Waals surface area contributed by atoms with Crippen molar-refractivity contribution in [1.29, 1.82) is 0 Å². The van der Waals surface area contributed by atoms with Gasteiger partial charge >= 0.3 is 0 Å². The number of rotatable bonds is 1. The van der Waals surface area contributed by atoms with E-state index in [0.717, 1.165) is 30.2 Å². The molecule has 0 aliphatic carbocycles. The predicted octanol–water partition coefficient (Wildman–Crippen LogP) is 2.35. The molecule has 1 aliphatic rings. The van der Waals surface area contributed by atoms with Crippen molar-refractivity contribution in [2.45, 2.75) is 26.7 Å². The molecule has 1 aromatic rings. The summed E-state index contributed by atoms with van der Waals surface area (Å²) in [5.41, 5.74) is 2.13. The average molecular weight is 212 g/mol. The number of hydrogen-bond acceptors (Lipinski definition) is 3. The molecule has 1 aliphatic heterocycles. The van der Waals surface area contributed by atoms with E-state index < -0.39 is 0 Å². The normalized spacial score (nSPS) is 16.4. The minimum atomic E-state index is 0.356. The molecule has 0 amide bonds. The quantitative estimate of drug-likeness (QED) is 0.668. The summed E-state index contributed by atoms with van der Waals surface area (Å²) >= 11 is 5.85. The van der Waals surface area contributed by atoms with Gasteiger partial charge in [-0.3, -0.25) is 0 Å². The summed E-state index contributed by atoms with van der Waals surface area (Å²) in [4.78, 5) is 10.7. The van der Waals surface area contributed by atoms with E-state index in [-0.39, 0.29) is 0 Å². The Morgan fingerprint density at radius 2 is 1.79 bits per heavy atom. The Hall–Kier alpha value is -0.830. The van der Waals surface area contributed by atoms with Gasteiger partial charge in [-0.15, -0.1) is 0 Å². The van der Waals surface area contributed by atoms with E-state index in [4.69, 9.17) is 11.6 Å². The maximum atomic E-state index is 5.85. The molecule has 0 spiro atoms. The highest BCUT2D eigenvalue weighted by molar-refractivity contribution is 6.28. The van der Waals surface area contributed by atoms with E-state index in [9.17, 15) is 0 Å². The van der Waals surface area contributed by atoms with Crippen LogP contribution in [0.5, 0.6) is 0 Å². The summed E-state index contributed by atoms with van der Waals surface area (Å²) in [6.07, 6.45) is 2.50. The van der Waals surface area contributed by atoms with E-state index in [0.29, 0.717) is 5.28 Å². The predicted molar refractivity (Wildman–Crippen MR) is 58.0 cm³/mol. The van der Waals surface area contributed by atoms with E-state index in [1.54, 1.807) is 0 Å². The molecule has 14 heavy (non-hydrogen) atoms. The van der Waals surface area contributed by atoms with Gasteiger partial charge in [-0.25, -0.2) is 9.97 Å². The van der Waals surface area contributed by atoms with Gasteiger partial charge in [0.1, 0.15) is 5.82 Å². The molecule has 0 aromatic carbocycles. The van der Waals surface area contributed by atoms with Crippen molar-refractivity contribution >= 4 is 17.4 Å². The molecule has 0 saturated carbocycles. The van der Waals surface area contributed by atoms with Gasteiger partial charge in [-0.1, -0.05) is 0 Å². The van der Waals surface area contributed by atoms with Crippen LogP contribution in [0.25, 0.3) is 0 Å². The van der Waals surface area contributed by atoms with Gasteiger partial charge in [0, 0.05) is 24.3 Å². The fraction of sp³-hybridized carbons (Fsp3) is 0.600. The minimum absolute atomic E-state index is 0.356. The molecule has 1 saturated heterocycles. The van der Waals surface area contributed by atoms with Crippen LogP contribution in [-0.4, -0.2) is 23.1 Å². The molecule has 0 N–H and O–H groups in total. The van der Waals surface area contributed by atoms with Gasteiger partial charge in [0.25, 0.3) is 0 Å². The van der Waals surface area contributed by atoms with Crippen molar-refractivity contribution in [3.05, 3.63) is 16.5 Å². The highest BCUT2D eigenvalue weighted by Gasteiger charge is 2.17. The van der Waals surface area contributed by atoms with Crippen molar-refractivity contribution in [2.75, 3.05) is 18.0 Å². The zero-order chi connectivity index (χ0) is 10.1. The third-order valence-corrected chi connectivity index (χ3v) is 2.91. The third kappa shape index (κ3) is 1.69. The Morgan fingerprint density at radius 1 is 1.14 bits per heavy atom. The highest BCUT2D eigenvalue weighted by atomic mass is 35.5. The second-order valence-electron chi connectivity index (χ2n) is 3.72. The smallest absolute Gasteiger partial charge is 0.224 e. The highest BCUT2D eigenvalue weighted by Crippen LogP contribution is 2.24. The summed E-state index contributed by atoms with van der Waals surface area (Å²) in [7, 11) is 0. The van der Waals surface area contributed by atoms with Crippen LogP contribution >= 0.6 is 11.6 Å². The van der Waals surface area contributed by atoms with Gasteiger partial charge in [0.15, 0.2) is 0 Å². The number of aryl methyl sites for hydroxylation is 1. The van der Waals surface area contributed by atoms with Gasteiger partial charge in [0.05, 0.1) is 0 Å². The van der Waals surface area contributed by atoms with Crippen molar-refractivity contribution in [3.63, 3.8) is 0 Å². The Bertz CT molecular complexity index is 345. The maximum Gasteiger partial charge on any atom is 0.224 e. The molecular weight excluding hydrogens is 198 g/mol. The number of anilines is 1. The first-order chi connectivity index (χ1) is 6.68. The summed E-state index contributed by atoms with van der Waals surface area (Å²) in [6.45, 7) is 6.21. The number of halogens is 1. The molecule has 0 atom stereocenters. The summed E-state index contributed by atoms with van der Waals surface area (Å²) in [5, 5.41) is 0.356. The molecule has 76 valence electrons. The Balaban J connectivity index is 2.40. The van der Waals surface area contributed by atoms with Crippen molar-refractivity contribution in [3.8, 4) is 0 Å². The minimum Gasteiger partial charge on any atom is -0.356 e. The zero-order valence-corrected chi connectivity index (χ0v) is 9.30. The molecule has 1 aromatic heterocycles. The van der Waals surface area contributed by atoms with Gasteiger partial charge in [-0.05, 0) is 38.3 Å². The molecular formula is C10H14ClN3. The number of nitrogens with zero attached hydrogens (tertiary/aromatic N) is 3. The number of aromatic nitrogens is 2. The lowest BCUT2D eigenvalue weighted by Crippen LogP contribution is -2.21. The lowest BCUT2D eigenvalue weighted by Gasteiger charge is -2.19. The maximum absolute atomic E-state index is 5.85. The fourth-order valence-corrected chi connectivity index (χ4v) is 2.02. The van der Waals surface area contributed by atoms with E-state index in [1.807, 2.05) is 6.92 Å². The van der Waals surface area contributed by atoms with Crippen LogP contribution in [0.3, 0.4) is 0 Å². The van der Waals surface area contributed by atoms with Gasteiger partial charge in [-0.2, -0.15) is 0 Å². The van der Waals surface area contributed by atoms with Crippen LogP contribution < -0.4 is 4.90 Å². The molecule has 1 fully saturated rings. The zero-order valence-electron chi connectivity index (χ0n) is 8.55. The Morgan fingerprint density at radius 3 is 2.43 bits per heavy atom.